The Hall–Kier alpha value is -2.74. The second kappa shape index (κ2) is 7.35. The fourth-order valence-electron chi connectivity index (χ4n) is 2.95. The van der Waals surface area contributed by atoms with E-state index >= 15 is 0 Å². The van der Waals surface area contributed by atoms with Crippen molar-refractivity contribution in [3.63, 3.8) is 0 Å². The zero-order valence-corrected chi connectivity index (χ0v) is 17.2. The maximum absolute atomic E-state index is 12.7. The lowest BCUT2D eigenvalue weighted by Gasteiger charge is -2.24. The molecule has 0 aromatic heterocycles. The molecule has 1 aliphatic rings. The van der Waals surface area contributed by atoms with Crippen LogP contribution in [0.2, 0.25) is 0 Å². The molecule has 0 radical (unpaired) electrons. The number of hydrogen-bond acceptors (Lipinski definition) is 5. The van der Waals surface area contributed by atoms with Crippen molar-refractivity contribution in [2.75, 3.05) is 29.9 Å². The van der Waals surface area contributed by atoms with Gasteiger partial charge in [-0.15, -0.1) is 0 Å². The number of anilines is 2. The summed E-state index contributed by atoms with van der Waals surface area (Å²) in [5.74, 6) is 0.998. The average Bonchev–Trinajstić information content (AvgIpc) is 2.73. The van der Waals surface area contributed by atoms with Gasteiger partial charge in [0.25, 0.3) is 10.0 Å². The Morgan fingerprint density at radius 3 is 2.50 bits per heavy atom. The maximum Gasteiger partial charge on any atom is 0.261 e. The molecule has 2 aromatic carbocycles. The molecule has 0 aliphatic carbocycles. The minimum Gasteiger partial charge on any atom is -0.494 e. The predicted molar refractivity (Wildman–Crippen MR) is 108 cm³/mol. The van der Waals surface area contributed by atoms with E-state index in [1.165, 1.54) is 17.0 Å². The van der Waals surface area contributed by atoms with Crippen LogP contribution in [0.5, 0.6) is 11.5 Å². The molecule has 0 saturated heterocycles. The number of sulfonamides is 1. The number of carbonyl (C=O) groups is 1. The van der Waals surface area contributed by atoms with Crippen molar-refractivity contribution in [3.05, 3.63) is 42.5 Å². The normalized spacial score (nSPS) is 16.0. The summed E-state index contributed by atoms with van der Waals surface area (Å²) in [7, 11) is -2.09. The van der Waals surface area contributed by atoms with Crippen molar-refractivity contribution in [1.29, 1.82) is 0 Å². The lowest BCUT2D eigenvalue weighted by atomic mass is 9.93. The number of fused-ring (bicyclic) bond motifs is 1. The van der Waals surface area contributed by atoms with E-state index in [-0.39, 0.29) is 17.4 Å². The quantitative estimate of drug-likeness (QED) is 0.827. The molecule has 1 N–H and O–H groups in total. The number of nitrogens with zero attached hydrogens (tertiary/aromatic N) is 1. The molecule has 1 amide bonds. The Morgan fingerprint density at radius 2 is 1.86 bits per heavy atom. The van der Waals surface area contributed by atoms with Crippen molar-refractivity contribution in [2.45, 2.75) is 25.7 Å². The van der Waals surface area contributed by atoms with Crippen LogP contribution < -0.4 is 19.1 Å². The topological polar surface area (TPSA) is 84.9 Å². The van der Waals surface area contributed by atoms with Crippen molar-refractivity contribution < 1.29 is 22.7 Å². The Kier molecular flexibility index (Phi) is 5.25. The summed E-state index contributed by atoms with van der Waals surface area (Å²) in [4.78, 5) is 14.2. The predicted octanol–water partition coefficient (Wildman–Crippen LogP) is 3.27. The summed E-state index contributed by atoms with van der Waals surface area (Å²) in [6.07, 6.45) is 0. The van der Waals surface area contributed by atoms with Crippen LogP contribution in [0.15, 0.2) is 47.4 Å². The van der Waals surface area contributed by atoms with E-state index in [1.807, 2.05) is 20.8 Å². The lowest BCUT2D eigenvalue weighted by Crippen LogP contribution is -2.39. The molecule has 150 valence electrons. The molecule has 0 bridgehead atoms. The SMILES string of the molecule is CCOc1ccc(S(=O)(=O)Nc2ccc3c(c2)OCC(C)(C)C(=O)N3C)cc1. The highest BCUT2D eigenvalue weighted by Crippen LogP contribution is 2.37. The van der Waals surface area contributed by atoms with Gasteiger partial charge < -0.3 is 14.4 Å². The number of benzene rings is 2. The van der Waals surface area contributed by atoms with Gasteiger partial charge in [-0.1, -0.05) is 0 Å². The highest BCUT2D eigenvalue weighted by atomic mass is 32.2. The minimum absolute atomic E-state index is 0.0611. The average molecular weight is 404 g/mol. The van der Waals surface area contributed by atoms with Gasteiger partial charge in [0.05, 0.1) is 28.3 Å². The van der Waals surface area contributed by atoms with Crippen LogP contribution in [0.3, 0.4) is 0 Å². The second-order valence-corrected chi connectivity index (χ2v) is 8.91. The molecule has 1 aliphatic heterocycles. The first-order valence-electron chi connectivity index (χ1n) is 8.95. The van der Waals surface area contributed by atoms with E-state index in [4.69, 9.17) is 9.47 Å². The second-order valence-electron chi connectivity index (χ2n) is 7.23. The standard InChI is InChI=1S/C20H24N2O5S/c1-5-26-15-7-9-16(10-8-15)28(24,25)21-14-6-11-17-18(12-14)27-13-20(2,3)19(23)22(17)4/h6-12,21H,5,13H2,1-4H3. The van der Waals surface area contributed by atoms with E-state index in [0.717, 1.165) is 0 Å². The third-order valence-corrected chi connectivity index (χ3v) is 5.89. The Balaban J connectivity index is 1.86. The zero-order chi connectivity index (χ0) is 20.5. The number of rotatable bonds is 5. The summed E-state index contributed by atoms with van der Waals surface area (Å²) in [6.45, 7) is 6.20. The summed E-state index contributed by atoms with van der Waals surface area (Å²) in [6, 6.07) is 11.1. The van der Waals surface area contributed by atoms with Crippen molar-refractivity contribution in [3.8, 4) is 11.5 Å². The van der Waals surface area contributed by atoms with Gasteiger partial charge in [-0.05, 0) is 57.2 Å². The monoisotopic (exact) mass is 404 g/mol. The van der Waals surface area contributed by atoms with Crippen molar-refractivity contribution in [1.82, 2.24) is 0 Å². The van der Waals surface area contributed by atoms with E-state index in [1.54, 1.807) is 37.4 Å². The third-order valence-electron chi connectivity index (χ3n) is 4.49. The summed E-state index contributed by atoms with van der Waals surface area (Å²) in [5.41, 5.74) is 0.281. The molecule has 0 unspecified atom stereocenters. The zero-order valence-electron chi connectivity index (χ0n) is 16.4. The van der Waals surface area contributed by atoms with E-state index < -0.39 is 15.4 Å². The molecule has 0 spiro atoms. The summed E-state index contributed by atoms with van der Waals surface area (Å²) < 4.78 is 39.0. The molecular weight excluding hydrogens is 380 g/mol. The number of carbonyl (C=O) groups excluding carboxylic acids is 1. The number of hydrogen-bond donors (Lipinski definition) is 1. The Labute approximate surface area is 165 Å². The minimum atomic E-state index is -3.77. The molecule has 0 fully saturated rings. The summed E-state index contributed by atoms with van der Waals surface area (Å²) >= 11 is 0. The maximum atomic E-state index is 12.7. The van der Waals surface area contributed by atoms with Gasteiger partial charge in [0.1, 0.15) is 18.1 Å². The Morgan fingerprint density at radius 1 is 1.18 bits per heavy atom. The lowest BCUT2D eigenvalue weighted by molar-refractivity contribution is -0.127. The van der Waals surface area contributed by atoms with E-state index in [9.17, 15) is 13.2 Å². The van der Waals surface area contributed by atoms with Crippen LogP contribution in [0.25, 0.3) is 0 Å². The number of amides is 1. The first kappa shape index (κ1) is 20.0. The van der Waals surface area contributed by atoms with Gasteiger partial charge in [-0.3, -0.25) is 9.52 Å². The molecule has 1 heterocycles. The smallest absolute Gasteiger partial charge is 0.261 e. The van der Waals surface area contributed by atoms with Crippen LogP contribution in [-0.4, -0.2) is 34.6 Å². The van der Waals surface area contributed by atoms with Gasteiger partial charge in [0, 0.05) is 13.1 Å². The van der Waals surface area contributed by atoms with Gasteiger partial charge in [0.15, 0.2) is 0 Å². The molecule has 0 atom stereocenters. The fourth-order valence-corrected chi connectivity index (χ4v) is 4.00. The highest BCUT2D eigenvalue weighted by molar-refractivity contribution is 7.92. The number of ether oxygens (including phenoxy) is 2. The van der Waals surface area contributed by atoms with Crippen LogP contribution in [0, 0.1) is 5.41 Å². The van der Waals surface area contributed by atoms with E-state index in [0.29, 0.717) is 29.5 Å². The van der Waals surface area contributed by atoms with Crippen molar-refractivity contribution >= 4 is 27.3 Å². The van der Waals surface area contributed by atoms with Gasteiger partial charge in [-0.25, -0.2) is 8.42 Å². The molecule has 28 heavy (non-hydrogen) atoms. The largest absolute Gasteiger partial charge is 0.494 e. The van der Waals surface area contributed by atoms with Gasteiger partial charge in [0.2, 0.25) is 5.91 Å². The molecule has 8 heteroatoms. The number of nitrogens with one attached hydrogen (secondary N) is 1. The van der Waals surface area contributed by atoms with Crippen LogP contribution in [-0.2, 0) is 14.8 Å². The van der Waals surface area contributed by atoms with E-state index in [2.05, 4.69) is 4.72 Å². The Bertz CT molecular complexity index is 984. The van der Waals surface area contributed by atoms with Gasteiger partial charge in [-0.2, -0.15) is 0 Å². The molecular formula is C20H24N2O5S. The summed E-state index contributed by atoms with van der Waals surface area (Å²) in [5, 5.41) is 0. The fraction of sp³-hybridized carbons (Fsp3) is 0.350. The third kappa shape index (κ3) is 3.91. The molecule has 0 saturated carbocycles. The molecule has 2 aromatic rings. The first-order valence-corrected chi connectivity index (χ1v) is 10.4. The highest BCUT2D eigenvalue weighted by Gasteiger charge is 2.36. The molecule has 3 rings (SSSR count). The van der Waals surface area contributed by atoms with Crippen LogP contribution >= 0.6 is 0 Å². The van der Waals surface area contributed by atoms with Gasteiger partial charge >= 0.3 is 0 Å². The van der Waals surface area contributed by atoms with Crippen LogP contribution in [0.1, 0.15) is 20.8 Å². The van der Waals surface area contributed by atoms with Crippen molar-refractivity contribution in [2.24, 2.45) is 5.41 Å². The molecule has 7 nitrogen and oxygen atoms in total. The van der Waals surface area contributed by atoms with Crippen LogP contribution in [0.4, 0.5) is 11.4 Å². The first-order chi connectivity index (χ1) is 13.1.